The average Bonchev–Trinajstić information content (AvgIpc) is 2.82. The summed E-state index contributed by atoms with van der Waals surface area (Å²) < 4.78 is 0. The van der Waals surface area contributed by atoms with E-state index in [4.69, 9.17) is 5.26 Å². The first-order valence-electron chi connectivity index (χ1n) is 4.54. The quantitative estimate of drug-likeness (QED) is 0.727. The lowest BCUT2D eigenvalue weighted by atomic mass is 10.1. The highest BCUT2D eigenvalue weighted by atomic mass is 15.6. The molecule has 0 aliphatic heterocycles. The van der Waals surface area contributed by atoms with Crippen molar-refractivity contribution in [3.05, 3.63) is 41.7 Å². The van der Waals surface area contributed by atoms with E-state index in [2.05, 4.69) is 21.5 Å². The Morgan fingerprint density at radius 3 is 2.60 bits per heavy atom. The number of tetrazole rings is 1. The summed E-state index contributed by atoms with van der Waals surface area (Å²) in [6, 6.07) is 9.46. The van der Waals surface area contributed by atoms with Gasteiger partial charge in [-0.05, 0) is 29.8 Å². The Hall–Kier alpha value is -2.22. The number of nitriles is 1. The maximum absolute atomic E-state index is 8.66. The summed E-state index contributed by atoms with van der Waals surface area (Å²) in [5.74, 6) is 0. The standard InChI is InChI=1S/C10H9N5/c1-8(15-13-7-12-14-15)10-4-2-9(6-11)3-5-10/h2-5,7-8H,1H3. The fourth-order valence-corrected chi connectivity index (χ4v) is 1.32. The number of benzene rings is 1. The van der Waals surface area contributed by atoms with E-state index in [-0.39, 0.29) is 6.04 Å². The van der Waals surface area contributed by atoms with Crippen molar-refractivity contribution < 1.29 is 0 Å². The first-order valence-corrected chi connectivity index (χ1v) is 4.54. The first kappa shape index (κ1) is 9.34. The topological polar surface area (TPSA) is 67.4 Å². The largest absolute Gasteiger partial charge is 0.192 e. The minimum absolute atomic E-state index is 0.0280. The second kappa shape index (κ2) is 3.88. The molecule has 0 aliphatic rings. The van der Waals surface area contributed by atoms with Crippen LogP contribution < -0.4 is 0 Å². The van der Waals surface area contributed by atoms with E-state index >= 15 is 0 Å². The molecule has 0 bridgehead atoms. The van der Waals surface area contributed by atoms with Crippen molar-refractivity contribution in [2.45, 2.75) is 13.0 Å². The lowest BCUT2D eigenvalue weighted by molar-refractivity contribution is 0.480. The van der Waals surface area contributed by atoms with Gasteiger partial charge in [0.1, 0.15) is 0 Å². The van der Waals surface area contributed by atoms with Crippen LogP contribution in [0.3, 0.4) is 0 Å². The Balaban J connectivity index is 2.27. The molecule has 2 aromatic rings. The third-order valence-corrected chi connectivity index (χ3v) is 2.23. The Morgan fingerprint density at radius 2 is 2.07 bits per heavy atom. The molecule has 0 fully saturated rings. The summed E-state index contributed by atoms with van der Waals surface area (Å²) in [4.78, 5) is 1.53. The third kappa shape index (κ3) is 1.83. The molecule has 0 amide bonds. The molecule has 0 spiro atoms. The van der Waals surface area contributed by atoms with Crippen molar-refractivity contribution in [1.82, 2.24) is 20.2 Å². The number of rotatable bonds is 2. The van der Waals surface area contributed by atoms with Gasteiger partial charge in [-0.3, -0.25) is 0 Å². The zero-order valence-corrected chi connectivity index (χ0v) is 8.20. The van der Waals surface area contributed by atoms with E-state index in [0.717, 1.165) is 5.56 Å². The number of aromatic nitrogens is 4. The molecule has 0 saturated heterocycles. The minimum Gasteiger partial charge on any atom is -0.192 e. The van der Waals surface area contributed by atoms with Crippen molar-refractivity contribution in [3.8, 4) is 6.07 Å². The maximum Gasteiger partial charge on any atom is 0.162 e. The highest BCUT2D eigenvalue weighted by Gasteiger charge is 2.08. The van der Waals surface area contributed by atoms with Crippen LogP contribution in [0.25, 0.3) is 0 Å². The van der Waals surface area contributed by atoms with Crippen LogP contribution >= 0.6 is 0 Å². The van der Waals surface area contributed by atoms with Gasteiger partial charge >= 0.3 is 0 Å². The molecule has 0 N–H and O–H groups in total. The summed E-state index contributed by atoms with van der Waals surface area (Å²) in [6.45, 7) is 1.98. The maximum atomic E-state index is 8.66. The Morgan fingerprint density at radius 1 is 1.33 bits per heavy atom. The fraction of sp³-hybridized carbons (Fsp3) is 0.200. The monoisotopic (exact) mass is 199 g/mol. The van der Waals surface area contributed by atoms with E-state index in [9.17, 15) is 0 Å². The molecule has 1 atom stereocenters. The summed E-state index contributed by atoms with van der Waals surface area (Å²) in [7, 11) is 0. The van der Waals surface area contributed by atoms with Gasteiger partial charge in [0.05, 0.1) is 17.7 Å². The van der Waals surface area contributed by atoms with Gasteiger partial charge in [0.25, 0.3) is 0 Å². The van der Waals surface area contributed by atoms with Gasteiger partial charge in [-0.15, -0.1) is 10.2 Å². The Kier molecular flexibility index (Phi) is 2.42. The van der Waals surface area contributed by atoms with Crippen LogP contribution in [0.1, 0.15) is 24.1 Å². The zero-order valence-electron chi connectivity index (χ0n) is 8.20. The summed E-state index contributed by atoms with van der Waals surface area (Å²) in [5.41, 5.74) is 1.70. The SMILES string of the molecule is CC(c1ccc(C#N)cc1)n1ncnn1. The number of hydrogen-bond donors (Lipinski definition) is 0. The molecule has 1 aromatic heterocycles. The molecular weight excluding hydrogens is 190 g/mol. The lowest BCUT2D eigenvalue weighted by Crippen LogP contribution is -2.10. The molecule has 1 aromatic carbocycles. The van der Waals surface area contributed by atoms with Crippen LogP contribution in [-0.2, 0) is 0 Å². The molecule has 74 valence electrons. The molecule has 0 aliphatic carbocycles. The molecule has 5 heteroatoms. The summed E-state index contributed by atoms with van der Waals surface area (Å²) in [5, 5.41) is 20.1. The van der Waals surface area contributed by atoms with E-state index < -0.39 is 0 Å². The van der Waals surface area contributed by atoms with Crippen LogP contribution in [0.2, 0.25) is 0 Å². The fourth-order valence-electron chi connectivity index (χ4n) is 1.32. The number of hydrogen-bond acceptors (Lipinski definition) is 4. The summed E-state index contributed by atoms with van der Waals surface area (Å²) in [6.07, 6.45) is 1.40. The summed E-state index contributed by atoms with van der Waals surface area (Å²) >= 11 is 0. The van der Waals surface area contributed by atoms with Crippen molar-refractivity contribution in [3.63, 3.8) is 0 Å². The van der Waals surface area contributed by atoms with Gasteiger partial charge in [0.2, 0.25) is 0 Å². The smallest absolute Gasteiger partial charge is 0.162 e. The van der Waals surface area contributed by atoms with Crippen molar-refractivity contribution >= 4 is 0 Å². The highest BCUT2D eigenvalue weighted by molar-refractivity contribution is 5.32. The molecule has 2 rings (SSSR count). The normalized spacial score (nSPS) is 12.0. The second-order valence-electron chi connectivity index (χ2n) is 3.17. The van der Waals surface area contributed by atoms with E-state index in [1.54, 1.807) is 12.1 Å². The molecular formula is C10H9N5. The molecule has 0 saturated carbocycles. The van der Waals surface area contributed by atoms with Gasteiger partial charge in [-0.1, -0.05) is 12.1 Å². The predicted molar refractivity (Wildman–Crippen MR) is 52.8 cm³/mol. The molecule has 0 radical (unpaired) electrons. The van der Waals surface area contributed by atoms with Gasteiger partial charge < -0.3 is 0 Å². The first-order chi connectivity index (χ1) is 7.31. The van der Waals surface area contributed by atoms with Crippen LogP contribution in [0.5, 0.6) is 0 Å². The second-order valence-corrected chi connectivity index (χ2v) is 3.17. The molecule has 1 heterocycles. The average molecular weight is 199 g/mol. The predicted octanol–water partition coefficient (Wildman–Crippen LogP) is 1.15. The van der Waals surface area contributed by atoms with E-state index in [1.807, 2.05) is 19.1 Å². The van der Waals surface area contributed by atoms with Crippen LogP contribution in [0.15, 0.2) is 30.6 Å². The highest BCUT2D eigenvalue weighted by Crippen LogP contribution is 2.15. The van der Waals surface area contributed by atoms with Gasteiger partial charge in [0.15, 0.2) is 6.33 Å². The van der Waals surface area contributed by atoms with Gasteiger partial charge in [0, 0.05) is 0 Å². The van der Waals surface area contributed by atoms with Gasteiger partial charge in [-0.2, -0.15) is 10.1 Å². The van der Waals surface area contributed by atoms with Crippen molar-refractivity contribution in [2.24, 2.45) is 0 Å². The van der Waals surface area contributed by atoms with Crippen molar-refractivity contribution in [1.29, 1.82) is 5.26 Å². The Bertz CT molecular complexity index is 466. The zero-order chi connectivity index (χ0) is 10.7. The van der Waals surface area contributed by atoms with E-state index in [0.29, 0.717) is 5.56 Å². The lowest BCUT2D eigenvalue weighted by Gasteiger charge is -2.09. The minimum atomic E-state index is 0.0280. The van der Waals surface area contributed by atoms with Crippen LogP contribution in [0.4, 0.5) is 0 Å². The number of nitrogens with zero attached hydrogens (tertiary/aromatic N) is 5. The van der Waals surface area contributed by atoms with E-state index in [1.165, 1.54) is 11.1 Å². The third-order valence-electron chi connectivity index (χ3n) is 2.23. The van der Waals surface area contributed by atoms with Crippen molar-refractivity contribution in [2.75, 3.05) is 0 Å². The van der Waals surface area contributed by atoms with Crippen LogP contribution in [0, 0.1) is 11.3 Å². The van der Waals surface area contributed by atoms with Crippen LogP contribution in [-0.4, -0.2) is 20.2 Å². The molecule has 15 heavy (non-hydrogen) atoms. The molecule has 5 nitrogen and oxygen atoms in total. The Labute approximate surface area is 87.0 Å². The molecule has 1 unspecified atom stereocenters. The van der Waals surface area contributed by atoms with Gasteiger partial charge in [-0.25, -0.2) is 0 Å².